The Hall–Kier alpha value is -3.57. The largest absolute Gasteiger partial charge is 0.304 e. The van der Waals surface area contributed by atoms with E-state index in [9.17, 15) is 17.6 Å². The summed E-state index contributed by atoms with van der Waals surface area (Å²) in [7, 11) is -3.35. The van der Waals surface area contributed by atoms with Crippen molar-refractivity contribution in [3.05, 3.63) is 89.5 Å². The second-order valence-corrected chi connectivity index (χ2v) is 8.37. The lowest BCUT2D eigenvalue weighted by atomic mass is 10.1. The number of rotatable bonds is 5. The topological polar surface area (TPSA) is 91.1 Å². The average Bonchev–Trinajstić information content (AvgIpc) is 2.71. The SMILES string of the molecule is CS(=O)(=O)c1ccc(CN(C(=O)c2cccnc2)c2cc(F)cc(C#N)c2)cc1. The Labute approximate surface area is 167 Å². The zero-order valence-corrected chi connectivity index (χ0v) is 16.2. The first kappa shape index (κ1) is 20.2. The number of sulfone groups is 1. The summed E-state index contributed by atoms with van der Waals surface area (Å²) in [6.07, 6.45) is 4.03. The standard InChI is InChI=1S/C21H16FN3O3S/c1-29(27,28)20-6-4-15(5-7-20)14-25(21(26)17-3-2-8-24-13-17)19-10-16(12-23)9-18(22)11-19/h2-11,13H,14H2,1H3. The van der Waals surface area contributed by atoms with Gasteiger partial charge in [0, 0.05) is 24.3 Å². The Kier molecular flexibility index (Phi) is 5.71. The number of amides is 1. The Bertz CT molecular complexity index is 1190. The lowest BCUT2D eigenvalue weighted by Gasteiger charge is -2.23. The lowest BCUT2D eigenvalue weighted by Crippen LogP contribution is -2.30. The number of pyridine rings is 1. The van der Waals surface area contributed by atoms with E-state index in [1.807, 2.05) is 6.07 Å². The quantitative estimate of drug-likeness (QED) is 0.645. The highest BCUT2D eigenvalue weighted by Crippen LogP contribution is 2.23. The van der Waals surface area contributed by atoms with Crippen LogP contribution in [0.1, 0.15) is 21.5 Å². The predicted octanol–water partition coefficient (Wildman–Crippen LogP) is 3.34. The first-order valence-electron chi connectivity index (χ1n) is 8.49. The van der Waals surface area contributed by atoms with Crippen molar-refractivity contribution in [1.29, 1.82) is 5.26 Å². The monoisotopic (exact) mass is 409 g/mol. The number of hydrogen-bond acceptors (Lipinski definition) is 5. The molecule has 0 spiro atoms. The maximum atomic E-state index is 14.0. The highest BCUT2D eigenvalue weighted by molar-refractivity contribution is 7.90. The molecule has 0 aliphatic heterocycles. The van der Waals surface area contributed by atoms with Crippen LogP contribution in [0.3, 0.4) is 0 Å². The zero-order valence-electron chi connectivity index (χ0n) is 15.4. The molecule has 1 heterocycles. The highest BCUT2D eigenvalue weighted by atomic mass is 32.2. The molecule has 0 fully saturated rings. The van der Waals surface area contributed by atoms with Crippen LogP contribution in [-0.4, -0.2) is 25.6 Å². The average molecular weight is 409 g/mol. The summed E-state index contributed by atoms with van der Waals surface area (Å²) < 4.78 is 37.3. The molecule has 8 heteroatoms. The second kappa shape index (κ2) is 8.20. The first-order chi connectivity index (χ1) is 13.8. The molecule has 0 aliphatic rings. The van der Waals surface area contributed by atoms with E-state index in [1.54, 1.807) is 24.3 Å². The Morgan fingerprint density at radius 2 is 1.90 bits per heavy atom. The summed E-state index contributed by atoms with van der Waals surface area (Å²) in [5.74, 6) is -1.07. The number of aromatic nitrogens is 1. The second-order valence-electron chi connectivity index (χ2n) is 6.36. The molecular formula is C21H16FN3O3S. The van der Waals surface area contributed by atoms with Crippen LogP contribution >= 0.6 is 0 Å². The highest BCUT2D eigenvalue weighted by Gasteiger charge is 2.20. The molecule has 1 amide bonds. The minimum Gasteiger partial charge on any atom is -0.304 e. The van der Waals surface area contributed by atoms with Crippen molar-refractivity contribution < 1.29 is 17.6 Å². The van der Waals surface area contributed by atoms with Gasteiger partial charge in [-0.15, -0.1) is 0 Å². The minimum absolute atomic E-state index is 0.0477. The maximum Gasteiger partial charge on any atom is 0.260 e. The molecule has 0 unspecified atom stereocenters. The van der Waals surface area contributed by atoms with Crippen molar-refractivity contribution in [1.82, 2.24) is 4.98 Å². The van der Waals surface area contributed by atoms with Crippen LogP contribution in [0.25, 0.3) is 0 Å². The van der Waals surface area contributed by atoms with E-state index in [4.69, 9.17) is 5.26 Å². The predicted molar refractivity (Wildman–Crippen MR) is 105 cm³/mol. The number of anilines is 1. The van der Waals surface area contributed by atoms with E-state index < -0.39 is 21.6 Å². The number of benzene rings is 2. The molecule has 0 saturated heterocycles. The smallest absolute Gasteiger partial charge is 0.260 e. The van der Waals surface area contributed by atoms with Crippen LogP contribution in [0.2, 0.25) is 0 Å². The molecule has 1 aromatic heterocycles. The molecule has 0 atom stereocenters. The van der Waals surface area contributed by atoms with Crippen molar-refractivity contribution in [2.24, 2.45) is 0 Å². The normalized spacial score (nSPS) is 10.9. The van der Waals surface area contributed by atoms with Crippen LogP contribution in [-0.2, 0) is 16.4 Å². The molecule has 0 saturated carbocycles. The fourth-order valence-electron chi connectivity index (χ4n) is 2.74. The van der Waals surface area contributed by atoms with Gasteiger partial charge in [0.2, 0.25) is 0 Å². The van der Waals surface area contributed by atoms with Gasteiger partial charge in [0.15, 0.2) is 9.84 Å². The van der Waals surface area contributed by atoms with Crippen LogP contribution in [0, 0.1) is 17.1 Å². The van der Waals surface area contributed by atoms with Crippen molar-refractivity contribution in [2.75, 3.05) is 11.2 Å². The summed E-state index contributed by atoms with van der Waals surface area (Å²) in [6, 6.07) is 14.8. The van der Waals surface area contributed by atoms with E-state index >= 15 is 0 Å². The van der Waals surface area contributed by atoms with Gasteiger partial charge in [-0.2, -0.15) is 5.26 Å². The van der Waals surface area contributed by atoms with Gasteiger partial charge >= 0.3 is 0 Å². The summed E-state index contributed by atoms with van der Waals surface area (Å²) in [6.45, 7) is 0.0477. The molecule has 2 aromatic carbocycles. The van der Waals surface area contributed by atoms with Gasteiger partial charge in [-0.1, -0.05) is 12.1 Å². The number of halogens is 1. The molecule has 3 rings (SSSR count). The molecule has 0 N–H and O–H groups in total. The Morgan fingerprint density at radius 1 is 1.17 bits per heavy atom. The molecule has 29 heavy (non-hydrogen) atoms. The molecule has 6 nitrogen and oxygen atoms in total. The van der Waals surface area contributed by atoms with Crippen LogP contribution < -0.4 is 4.90 Å². The zero-order chi connectivity index (χ0) is 21.0. The fraction of sp³-hybridized carbons (Fsp3) is 0.0952. The molecular weight excluding hydrogens is 393 g/mol. The Balaban J connectivity index is 2.03. The van der Waals surface area contributed by atoms with Gasteiger partial charge in [0.25, 0.3) is 5.91 Å². The summed E-state index contributed by atoms with van der Waals surface area (Å²) >= 11 is 0. The van der Waals surface area contributed by atoms with Crippen molar-refractivity contribution >= 4 is 21.4 Å². The summed E-state index contributed by atoms with van der Waals surface area (Å²) in [4.78, 5) is 18.5. The van der Waals surface area contributed by atoms with Gasteiger partial charge in [-0.25, -0.2) is 12.8 Å². The minimum atomic E-state index is -3.35. The van der Waals surface area contributed by atoms with Gasteiger partial charge in [-0.05, 0) is 48.0 Å². The van der Waals surface area contributed by atoms with Gasteiger partial charge < -0.3 is 4.90 Å². The number of nitrogens with zero attached hydrogens (tertiary/aromatic N) is 3. The van der Waals surface area contributed by atoms with Crippen LogP contribution in [0.5, 0.6) is 0 Å². The van der Waals surface area contributed by atoms with E-state index in [-0.39, 0.29) is 22.7 Å². The van der Waals surface area contributed by atoms with Gasteiger partial charge in [-0.3, -0.25) is 9.78 Å². The van der Waals surface area contributed by atoms with E-state index in [0.717, 1.165) is 12.3 Å². The number of hydrogen-bond donors (Lipinski definition) is 0. The van der Waals surface area contributed by atoms with Crippen LogP contribution in [0.4, 0.5) is 10.1 Å². The third-order valence-corrected chi connectivity index (χ3v) is 5.30. The number of nitriles is 1. The van der Waals surface area contributed by atoms with Crippen molar-refractivity contribution in [3.8, 4) is 6.07 Å². The van der Waals surface area contributed by atoms with Gasteiger partial charge in [0.05, 0.1) is 28.6 Å². The van der Waals surface area contributed by atoms with Crippen LogP contribution in [0.15, 0.2) is 71.9 Å². The molecule has 0 aliphatic carbocycles. The fourth-order valence-corrected chi connectivity index (χ4v) is 3.38. The summed E-state index contributed by atoms with van der Waals surface area (Å²) in [5, 5.41) is 9.13. The van der Waals surface area contributed by atoms with E-state index in [1.165, 1.54) is 41.6 Å². The van der Waals surface area contributed by atoms with E-state index in [2.05, 4.69) is 4.98 Å². The van der Waals surface area contributed by atoms with E-state index in [0.29, 0.717) is 11.1 Å². The third kappa shape index (κ3) is 4.83. The lowest BCUT2D eigenvalue weighted by molar-refractivity contribution is 0.0984. The Morgan fingerprint density at radius 3 is 2.48 bits per heavy atom. The molecule has 0 bridgehead atoms. The van der Waals surface area contributed by atoms with Crippen molar-refractivity contribution in [2.45, 2.75) is 11.4 Å². The number of carbonyl (C=O) groups excluding carboxylic acids is 1. The van der Waals surface area contributed by atoms with Crippen molar-refractivity contribution in [3.63, 3.8) is 0 Å². The summed E-state index contributed by atoms with van der Waals surface area (Å²) in [5.41, 5.74) is 1.22. The van der Waals surface area contributed by atoms with Gasteiger partial charge in [0.1, 0.15) is 5.82 Å². The maximum absolute atomic E-state index is 14.0. The molecule has 0 radical (unpaired) electrons. The third-order valence-electron chi connectivity index (χ3n) is 4.17. The first-order valence-corrected chi connectivity index (χ1v) is 10.4. The number of carbonyl (C=O) groups is 1. The molecule has 146 valence electrons. The molecule has 3 aromatic rings.